The molecule has 3 N–H and O–H groups in total. The van der Waals surface area contributed by atoms with Gasteiger partial charge in [-0.25, -0.2) is 18.4 Å². The van der Waals surface area contributed by atoms with E-state index in [0.29, 0.717) is 28.4 Å². The summed E-state index contributed by atoms with van der Waals surface area (Å²) in [5, 5.41) is 2.04. The van der Waals surface area contributed by atoms with Gasteiger partial charge in [0, 0.05) is 40.9 Å². The lowest BCUT2D eigenvalue weighted by Gasteiger charge is -2.33. The van der Waals surface area contributed by atoms with Crippen molar-refractivity contribution in [1.82, 2.24) is 24.2 Å². The van der Waals surface area contributed by atoms with Crippen LogP contribution in [-0.2, 0) is 21.4 Å². The second-order valence-electron chi connectivity index (χ2n) is 7.63. The summed E-state index contributed by atoms with van der Waals surface area (Å²) < 4.78 is 27.4. The fraction of sp³-hybridized carbons (Fsp3) is 0.190. The van der Waals surface area contributed by atoms with Gasteiger partial charge in [-0.05, 0) is 35.9 Å². The van der Waals surface area contributed by atoms with E-state index >= 15 is 0 Å². The molecule has 0 radical (unpaired) electrons. The Bertz CT molecular complexity index is 1470. The molecule has 1 amide bonds. The van der Waals surface area contributed by atoms with E-state index in [1.54, 1.807) is 29.2 Å². The molecule has 1 fully saturated rings. The standard InChI is InChI=1S/C21H19ClN6O3S/c22-15-3-2-14-8-19(26-17(14)9-15)32(30,31)28-6-5-27(20(29)11-28)10-13-1-4-16-18(7-13)24-12-25-21(16)23/h1-4,7-9,12,26H,5-6,10-11H2,(H2,23,24,25). The van der Waals surface area contributed by atoms with Crippen molar-refractivity contribution in [2.75, 3.05) is 25.4 Å². The number of hydrogen-bond donors (Lipinski definition) is 2. The van der Waals surface area contributed by atoms with Crippen molar-refractivity contribution < 1.29 is 13.2 Å². The van der Waals surface area contributed by atoms with Crippen molar-refractivity contribution in [1.29, 1.82) is 0 Å². The SMILES string of the molecule is Nc1ncnc2cc(CN3CCN(S(=O)(=O)c4cc5ccc(Cl)cc5[nH]4)CC3=O)ccc12. The van der Waals surface area contributed by atoms with E-state index in [0.717, 1.165) is 16.3 Å². The zero-order chi connectivity index (χ0) is 22.5. The van der Waals surface area contributed by atoms with Crippen LogP contribution in [0.1, 0.15) is 5.56 Å². The second-order valence-corrected chi connectivity index (χ2v) is 9.97. The number of rotatable bonds is 4. The van der Waals surface area contributed by atoms with Gasteiger partial charge in [0.25, 0.3) is 10.0 Å². The van der Waals surface area contributed by atoms with Crippen LogP contribution in [0.15, 0.2) is 53.8 Å². The molecular formula is C21H19ClN6O3S. The molecular weight excluding hydrogens is 452 g/mol. The quantitative estimate of drug-likeness (QED) is 0.471. The number of aromatic amines is 1. The monoisotopic (exact) mass is 470 g/mol. The van der Waals surface area contributed by atoms with Gasteiger partial charge in [0.1, 0.15) is 17.2 Å². The Kier molecular flexibility index (Phi) is 5.00. The Hall–Kier alpha value is -3.21. The minimum atomic E-state index is -3.84. The van der Waals surface area contributed by atoms with Crippen LogP contribution in [0.4, 0.5) is 5.82 Å². The number of halogens is 1. The molecule has 0 saturated carbocycles. The number of piperazine rings is 1. The summed E-state index contributed by atoms with van der Waals surface area (Å²) in [6.07, 6.45) is 1.40. The molecule has 0 spiro atoms. The molecule has 2 aromatic carbocycles. The molecule has 0 aliphatic carbocycles. The lowest BCUT2D eigenvalue weighted by molar-refractivity contribution is -0.134. The van der Waals surface area contributed by atoms with Crippen molar-refractivity contribution in [3.8, 4) is 0 Å². The molecule has 1 aliphatic rings. The molecule has 0 atom stereocenters. The third-order valence-electron chi connectivity index (χ3n) is 5.57. The van der Waals surface area contributed by atoms with E-state index in [1.165, 1.54) is 10.6 Å². The van der Waals surface area contributed by atoms with E-state index in [1.807, 2.05) is 18.2 Å². The third-order valence-corrected chi connectivity index (χ3v) is 7.57. The average Bonchev–Trinajstić information content (AvgIpc) is 3.19. The number of hydrogen-bond acceptors (Lipinski definition) is 6. The molecule has 1 aliphatic heterocycles. The van der Waals surface area contributed by atoms with Crippen LogP contribution < -0.4 is 5.73 Å². The normalized spacial score (nSPS) is 15.7. The van der Waals surface area contributed by atoms with Crippen molar-refractivity contribution in [2.45, 2.75) is 11.6 Å². The minimum Gasteiger partial charge on any atom is -0.383 e. The van der Waals surface area contributed by atoms with E-state index in [4.69, 9.17) is 17.3 Å². The van der Waals surface area contributed by atoms with Gasteiger partial charge in [-0.15, -0.1) is 0 Å². The number of nitrogens with one attached hydrogen (secondary N) is 1. The number of H-pyrrole nitrogens is 1. The van der Waals surface area contributed by atoms with Gasteiger partial charge in [-0.2, -0.15) is 4.31 Å². The van der Waals surface area contributed by atoms with E-state index in [9.17, 15) is 13.2 Å². The fourth-order valence-corrected chi connectivity index (χ4v) is 5.42. The van der Waals surface area contributed by atoms with Gasteiger partial charge in [0.05, 0.1) is 12.1 Å². The number of nitrogen functional groups attached to an aromatic ring is 1. The molecule has 1 saturated heterocycles. The van der Waals surface area contributed by atoms with Crippen molar-refractivity contribution in [2.24, 2.45) is 0 Å². The second kappa shape index (κ2) is 7.73. The predicted octanol–water partition coefficient (Wildman–Crippen LogP) is 2.38. The largest absolute Gasteiger partial charge is 0.383 e. The summed E-state index contributed by atoms with van der Waals surface area (Å²) >= 11 is 5.99. The number of anilines is 1. The highest BCUT2D eigenvalue weighted by molar-refractivity contribution is 7.89. The van der Waals surface area contributed by atoms with Gasteiger partial charge >= 0.3 is 0 Å². The van der Waals surface area contributed by atoms with Gasteiger partial charge < -0.3 is 15.6 Å². The highest BCUT2D eigenvalue weighted by Gasteiger charge is 2.33. The van der Waals surface area contributed by atoms with Crippen LogP contribution in [0.25, 0.3) is 21.8 Å². The van der Waals surface area contributed by atoms with Crippen molar-refractivity contribution in [3.63, 3.8) is 0 Å². The minimum absolute atomic E-state index is 0.0443. The Balaban J connectivity index is 1.32. The third kappa shape index (κ3) is 3.66. The first-order valence-electron chi connectivity index (χ1n) is 9.86. The number of carbonyl (C=O) groups is 1. The molecule has 32 heavy (non-hydrogen) atoms. The zero-order valence-corrected chi connectivity index (χ0v) is 18.4. The van der Waals surface area contributed by atoms with Gasteiger partial charge in [0.2, 0.25) is 5.91 Å². The van der Waals surface area contributed by atoms with Crippen molar-refractivity contribution >= 4 is 55.2 Å². The topological polar surface area (TPSA) is 125 Å². The Labute approximate surface area is 188 Å². The molecule has 164 valence electrons. The zero-order valence-electron chi connectivity index (χ0n) is 16.8. The Morgan fingerprint density at radius 2 is 1.94 bits per heavy atom. The van der Waals surface area contributed by atoms with Gasteiger partial charge in [-0.3, -0.25) is 4.79 Å². The number of sulfonamides is 1. The number of nitrogens with zero attached hydrogens (tertiary/aromatic N) is 4. The summed E-state index contributed by atoms with van der Waals surface area (Å²) in [4.78, 5) is 25.5. The van der Waals surface area contributed by atoms with E-state index in [2.05, 4.69) is 15.0 Å². The summed E-state index contributed by atoms with van der Waals surface area (Å²) in [6.45, 7) is 0.625. The summed E-state index contributed by atoms with van der Waals surface area (Å²) in [5.74, 6) is 0.136. The molecule has 0 bridgehead atoms. The summed E-state index contributed by atoms with van der Waals surface area (Å²) in [7, 11) is -3.84. The van der Waals surface area contributed by atoms with E-state index < -0.39 is 10.0 Å². The lowest BCUT2D eigenvalue weighted by atomic mass is 10.1. The van der Waals surface area contributed by atoms with Crippen LogP contribution in [0.5, 0.6) is 0 Å². The fourth-order valence-electron chi connectivity index (χ4n) is 3.85. The molecule has 4 aromatic rings. The van der Waals surface area contributed by atoms with Gasteiger partial charge in [-0.1, -0.05) is 23.7 Å². The Morgan fingerprint density at radius 1 is 1.09 bits per heavy atom. The number of carbonyl (C=O) groups excluding carboxylic acids is 1. The lowest BCUT2D eigenvalue weighted by Crippen LogP contribution is -2.51. The number of aromatic nitrogens is 3. The highest BCUT2D eigenvalue weighted by Crippen LogP contribution is 2.25. The van der Waals surface area contributed by atoms with Crippen LogP contribution in [0.3, 0.4) is 0 Å². The van der Waals surface area contributed by atoms with Crippen LogP contribution in [0.2, 0.25) is 5.02 Å². The molecule has 2 aromatic heterocycles. The molecule has 3 heterocycles. The highest BCUT2D eigenvalue weighted by atomic mass is 35.5. The van der Waals surface area contributed by atoms with Crippen molar-refractivity contribution in [3.05, 3.63) is 59.4 Å². The summed E-state index contributed by atoms with van der Waals surface area (Å²) in [6, 6.07) is 12.2. The number of benzene rings is 2. The van der Waals surface area contributed by atoms with Crippen LogP contribution in [0, 0.1) is 0 Å². The first-order valence-corrected chi connectivity index (χ1v) is 11.7. The summed E-state index contributed by atoms with van der Waals surface area (Å²) in [5.41, 5.74) is 8.07. The van der Waals surface area contributed by atoms with Gasteiger partial charge in [0.15, 0.2) is 0 Å². The smallest absolute Gasteiger partial charge is 0.259 e. The molecule has 0 unspecified atom stereocenters. The number of nitrogens with two attached hydrogens (primary N) is 1. The Morgan fingerprint density at radius 3 is 2.75 bits per heavy atom. The molecule has 11 heteroatoms. The average molecular weight is 471 g/mol. The maximum absolute atomic E-state index is 13.1. The maximum atomic E-state index is 13.1. The first kappa shape index (κ1) is 20.7. The number of fused-ring (bicyclic) bond motifs is 2. The molecule has 9 nitrogen and oxygen atoms in total. The van der Waals surface area contributed by atoms with E-state index in [-0.39, 0.29) is 30.6 Å². The first-order chi connectivity index (χ1) is 15.3. The molecule has 5 rings (SSSR count). The maximum Gasteiger partial charge on any atom is 0.259 e. The van der Waals surface area contributed by atoms with Crippen LogP contribution in [-0.4, -0.2) is 58.1 Å². The number of amides is 1. The predicted molar refractivity (Wildman–Crippen MR) is 121 cm³/mol. The van der Waals surface area contributed by atoms with Crippen LogP contribution >= 0.6 is 11.6 Å².